The summed E-state index contributed by atoms with van der Waals surface area (Å²) in [6, 6.07) is 11.1. The number of methoxy groups -OCH3 is 1. The maximum absolute atomic E-state index is 12.4. The third-order valence-electron chi connectivity index (χ3n) is 4.43. The van der Waals surface area contributed by atoms with Crippen LogP contribution in [0.15, 0.2) is 36.4 Å². The van der Waals surface area contributed by atoms with E-state index in [9.17, 15) is 9.59 Å². The van der Waals surface area contributed by atoms with Crippen molar-refractivity contribution in [2.75, 3.05) is 12.8 Å². The van der Waals surface area contributed by atoms with Crippen LogP contribution in [0.1, 0.15) is 32.1 Å². The van der Waals surface area contributed by atoms with Gasteiger partial charge in [-0.3, -0.25) is 9.48 Å². The highest BCUT2D eigenvalue weighted by Crippen LogP contribution is 2.21. The zero-order valence-corrected chi connectivity index (χ0v) is 14.9. The summed E-state index contributed by atoms with van der Waals surface area (Å²) in [5, 5.41) is 8.84. The molecule has 0 saturated heterocycles. The largest absolute Gasteiger partial charge is 0.465 e. The summed E-state index contributed by atoms with van der Waals surface area (Å²) in [6.45, 7) is 2.09. The summed E-state index contributed by atoms with van der Waals surface area (Å²) < 4.78 is 6.35. The minimum atomic E-state index is -0.400. The normalized spacial score (nSPS) is 10.7. The second kappa shape index (κ2) is 6.87. The zero-order valence-electron chi connectivity index (χ0n) is 14.9. The monoisotopic (exact) mass is 352 g/mol. The first-order chi connectivity index (χ1) is 12.4. The van der Waals surface area contributed by atoms with E-state index in [0.29, 0.717) is 11.3 Å². The van der Waals surface area contributed by atoms with Crippen LogP contribution in [0.2, 0.25) is 0 Å². The van der Waals surface area contributed by atoms with Crippen LogP contribution < -0.4 is 11.1 Å². The molecule has 3 rings (SSSR count). The van der Waals surface area contributed by atoms with Crippen molar-refractivity contribution >= 4 is 28.3 Å². The summed E-state index contributed by atoms with van der Waals surface area (Å²) in [4.78, 5) is 24.2. The van der Waals surface area contributed by atoms with Crippen LogP contribution in [0.25, 0.3) is 10.8 Å². The van der Waals surface area contributed by atoms with Crippen molar-refractivity contribution in [2.24, 2.45) is 7.05 Å². The number of rotatable bonds is 4. The fourth-order valence-corrected chi connectivity index (χ4v) is 2.79. The van der Waals surface area contributed by atoms with Gasteiger partial charge in [-0.05, 0) is 35.4 Å². The molecule has 0 aliphatic heterocycles. The maximum atomic E-state index is 12.4. The van der Waals surface area contributed by atoms with Crippen LogP contribution in [-0.4, -0.2) is 28.8 Å². The molecular weight excluding hydrogens is 332 g/mol. The van der Waals surface area contributed by atoms with Gasteiger partial charge >= 0.3 is 5.97 Å². The third-order valence-corrected chi connectivity index (χ3v) is 4.43. The van der Waals surface area contributed by atoms with E-state index in [0.717, 1.165) is 22.0 Å². The highest BCUT2D eigenvalue weighted by atomic mass is 16.5. The molecule has 26 heavy (non-hydrogen) atoms. The molecule has 1 heterocycles. The summed E-state index contributed by atoms with van der Waals surface area (Å²) in [7, 11) is 3.08. The lowest BCUT2D eigenvalue weighted by Gasteiger charge is -2.09. The Bertz CT molecular complexity index is 1010. The molecule has 7 nitrogen and oxygen atoms in total. The van der Waals surface area contributed by atoms with Crippen LogP contribution in [0.3, 0.4) is 0 Å². The number of ether oxygens (including phenoxy) is 1. The molecule has 0 bridgehead atoms. The van der Waals surface area contributed by atoms with E-state index in [1.165, 1.54) is 7.11 Å². The number of carbonyl (C=O) groups excluding carboxylic acids is 2. The fraction of sp³-hybridized carbons (Fsp3) is 0.211. The average Bonchev–Trinajstić information content (AvgIpc) is 2.92. The Morgan fingerprint density at radius 1 is 1.27 bits per heavy atom. The molecule has 0 saturated carbocycles. The number of anilines is 1. The number of aromatic nitrogens is 2. The Morgan fingerprint density at radius 3 is 2.69 bits per heavy atom. The van der Waals surface area contributed by atoms with Gasteiger partial charge in [0.15, 0.2) is 5.69 Å². The summed E-state index contributed by atoms with van der Waals surface area (Å²) >= 11 is 0. The Balaban J connectivity index is 1.87. The molecule has 3 aromatic rings. The molecule has 0 aliphatic rings. The van der Waals surface area contributed by atoms with Crippen molar-refractivity contribution in [3.8, 4) is 0 Å². The van der Waals surface area contributed by atoms with Crippen LogP contribution in [-0.2, 0) is 18.3 Å². The molecule has 1 aromatic heterocycles. The van der Waals surface area contributed by atoms with E-state index in [1.807, 2.05) is 24.3 Å². The van der Waals surface area contributed by atoms with Crippen molar-refractivity contribution < 1.29 is 14.3 Å². The van der Waals surface area contributed by atoms with E-state index in [1.54, 1.807) is 30.8 Å². The van der Waals surface area contributed by atoms with Gasteiger partial charge in [-0.15, -0.1) is 0 Å². The average molecular weight is 352 g/mol. The first kappa shape index (κ1) is 17.5. The van der Waals surface area contributed by atoms with Crippen molar-refractivity contribution in [2.45, 2.75) is 13.5 Å². The Kier molecular flexibility index (Phi) is 4.62. The summed E-state index contributed by atoms with van der Waals surface area (Å²) in [6.07, 6.45) is 0. The minimum absolute atomic E-state index is 0.209. The Labute approximate surface area is 150 Å². The van der Waals surface area contributed by atoms with Gasteiger partial charge in [0.05, 0.1) is 24.1 Å². The van der Waals surface area contributed by atoms with Gasteiger partial charge in [-0.2, -0.15) is 5.10 Å². The predicted octanol–water partition coefficient (Wildman–Crippen LogP) is 2.18. The SMILES string of the molecule is COC(=O)c1ccc2cccc(CNC(=O)c3nn(C)c(C)c3N)c2c1. The number of nitrogens with zero attached hydrogens (tertiary/aromatic N) is 2. The molecule has 0 fully saturated rings. The maximum Gasteiger partial charge on any atom is 0.337 e. The van der Waals surface area contributed by atoms with E-state index < -0.39 is 5.97 Å². The van der Waals surface area contributed by atoms with Gasteiger partial charge in [0.25, 0.3) is 5.91 Å². The number of hydrogen-bond acceptors (Lipinski definition) is 5. The third kappa shape index (κ3) is 3.11. The van der Waals surface area contributed by atoms with Crippen molar-refractivity contribution in [3.05, 3.63) is 58.9 Å². The van der Waals surface area contributed by atoms with E-state index in [-0.39, 0.29) is 18.1 Å². The lowest BCUT2D eigenvalue weighted by molar-refractivity contribution is 0.0600. The smallest absolute Gasteiger partial charge is 0.337 e. The lowest BCUT2D eigenvalue weighted by atomic mass is 10.0. The first-order valence-corrected chi connectivity index (χ1v) is 8.09. The fourth-order valence-electron chi connectivity index (χ4n) is 2.79. The number of benzene rings is 2. The molecule has 3 N–H and O–H groups in total. The number of fused-ring (bicyclic) bond motifs is 1. The second-order valence-electron chi connectivity index (χ2n) is 6.00. The Morgan fingerprint density at radius 2 is 2.04 bits per heavy atom. The van der Waals surface area contributed by atoms with Gasteiger partial charge in [0.1, 0.15) is 0 Å². The zero-order chi connectivity index (χ0) is 18.8. The second-order valence-corrected chi connectivity index (χ2v) is 6.00. The van der Waals surface area contributed by atoms with Gasteiger partial charge < -0.3 is 15.8 Å². The van der Waals surface area contributed by atoms with Gasteiger partial charge in [-0.1, -0.05) is 24.3 Å². The molecular formula is C19H20N4O3. The van der Waals surface area contributed by atoms with Gasteiger partial charge in [0, 0.05) is 13.6 Å². The number of carbonyl (C=O) groups is 2. The molecule has 2 aromatic carbocycles. The molecule has 7 heteroatoms. The van der Waals surface area contributed by atoms with Crippen molar-refractivity contribution in [1.29, 1.82) is 0 Å². The lowest BCUT2D eigenvalue weighted by Crippen LogP contribution is -2.24. The van der Waals surface area contributed by atoms with Crippen molar-refractivity contribution in [1.82, 2.24) is 15.1 Å². The molecule has 0 unspecified atom stereocenters. The molecule has 1 amide bonds. The number of aryl methyl sites for hydroxylation is 1. The molecule has 134 valence electrons. The Hall–Kier alpha value is -3.35. The molecule has 0 spiro atoms. The predicted molar refractivity (Wildman–Crippen MR) is 98.8 cm³/mol. The van der Waals surface area contributed by atoms with Crippen molar-refractivity contribution in [3.63, 3.8) is 0 Å². The van der Waals surface area contributed by atoms with Crippen LogP contribution in [0.4, 0.5) is 5.69 Å². The number of nitrogens with two attached hydrogens (primary N) is 1. The highest BCUT2D eigenvalue weighted by molar-refractivity contribution is 5.99. The number of esters is 1. The van der Waals surface area contributed by atoms with Gasteiger partial charge in [-0.25, -0.2) is 4.79 Å². The summed E-state index contributed by atoms with van der Waals surface area (Å²) in [5.74, 6) is -0.741. The quantitative estimate of drug-likeness (QED) is 0.701. The van der Waals surface area contributed by atoms with Crippen LogP contribution in [0, 0.1) is 6.92 Å². The van der Waals surface area contributed by atoms with E-state index in [4.69, 9.17) is 10.5 Å². The molecule has 0 aliphatic carbocycles. The summed E-state index contributed by atoms with van der Waals surface area (Å²) in [5.41, 5.74) is 8.60. The van der Waals surface area contributed by atoms with E-state index >= 15 is 0 Å². The molecule has 0 atom stereocenters. The highest BCUT2D eigenvalue weighted by Gasteiger charge is 2.17. The number of amides is 1. The topological polar surface area (TPSA) is 99.2 Å². The standard InChI is InChI=1S/C19H20N4O3/c1-11-16(20)17(22-23(11)2)18(24)21-10-14-6-4-5-12-7-8-13(9-15(12)14)19(25)26-3/h4-9H,10,20H2,1-3H3,(H,21,24). The first-order valence-electron chi connectivity index (χ1n) is 8.09. The minimum Gasteiger partial charge on any atom is -0.465 e. The molecule has 0 radical (unpaired) electrons. The van der Waals surface area contributed by atoms with E-state index in [2.05, 4.69) is 10.4 Å². The van der Waals surface area contributed by atoms with Crippen LogP contribution in [0.5, 0.6) is 0 Å². The van der Waals surface area contributed by atoms with Gasteiger partial charge in [0.2, 0.25) is 0 Å². The number of nitrogens with one attached hydrogen (secondary N) is 1. The number of hydrogen-bond donors (Lipinski definition) is 2. The number of nitrogen functional groups attached to an aromatic ring is 1. The van der Waals surface area contributed by atoms with Crippen LogP contribution >= 0.6 is 0 Å².